The van der Waals surface area contributed by atoms with Crippen molar-refractivity contribution in [2.75, 3.05) is 0 Å². The zero-order valence-corrected chi connectivity index (χ0v) is 16.4. The predicted octanol–water partition coefficient (Wildman–Crippen LogP) is 7.53. The number of phenols is 2. The Morgan fingerprint density at radius 1 is 0.692 bits per heavy atom. The molecule has 1 aromatic rings. The van der Waals surface area contributed by atoms with Crippen LogP contribution in [0.2, 0.25) is 0 Å². The number of hydrogen-bond donors (Lipinski definition) is 2. The molecule has 0 aliphatic rings. The Kier molecular flexibility index (Phi) is 13.0. The molecule has 2 nitrogen and oxygen atoms in total. The molecule has 0 heterocycles. The van der Waals surface area contributed by atoms with E-state index in [0.29, 0.717) is 0 Å². The first kappa shape index (κ1) is 22.1. The van der Waals surface area contributed by atoms with Crippen molar-refractivity contribution in [3.63, 3.8) is 0 Å². The van der Waals surface area contributed by atoms with Crippen molar-refractivity contribution < 1.29 is 10.2 Å². The lowest BCUT2D eigenvalue weighted by atomic mass is 10.1. The molecule has 1 rings (SSSR count). The Morgan fingerprint density at radius 2 is 1.31 bits per heavy atom. The zero-order chi connectivity index (χ0) is 18.9. The standard InChI is InChI=1S/C24H36O2/c1-2-3-4-5-6-7-8-9-10-11-12-13-14-15-16-17-18-22-19-20-23(25)24(26)21-22/h13-21,25-26H,2-12H2,1H3. The van der Waals surface area contributed by atoms with E-state index < -0.39 is 0 Å². The fourth-order valence-electron chi connectivity index (χ4n) is 2.86. The molecule has 0 amide bonds. The maximum atomic E-state index is 9.42. The van der Waals surface area contributed by atoms with E-state index in [0.717, 1.165) is 12.0 Å². The van der Waals surface area contributed by atoms with E-state index >= 15 is 0 Å². The average Bonchev–Trinajstić information content (AvgIpc) is 2.64. The molecule has 0 aromatic heterocycles. The SMILES string of the molecule is CCCCCCCCCCCCC=CC=CC=Cc1ccc(O)c(O)c1. The monoisotopic (exact) mass is 356 g/mol. The lowest BCUT2D eigenvalue weighted by Gasteiger charge is -2.01. The summed E-state index contributed by atoms with van der Waals surface area (Å²) in [6.07, 6.45) is 27.1. The third-order valence-corrected chi connectivity index (χ3v) is 4.48. The molecular weight excluding hydrogens is 320 g/mol. The van der Waals surface area contributed by atoms with Crippen LogP contribution in [0.4, 0.5) is 0 Å². The Bertz CT molecular complexity index is 555. The number of aromatic hydroxyl groups is 2. The number of rotatable bonds is 14. The van der Waals surface area contributed by atoms with Crippen LogP contribution in [0.1, 0.15) is 83.1 Å². The van der Waals surface area contributed by atoms with Gasteiger partial charge in [0.2, 0.25) is 0 Å². The van der Waals surface area contributed by atoms with Crippen LogP contribution in [0.3, 0.4) is 0 Å². The first-order valence-corrected chi connectivity index (χ1v) is 10.3. The Hall–Kier alpha value is -1.96. The normalized spacial score (nSPS) is 12.0. The fraction of sp³-hybridized carbons (Fsp3) is 0.500. The zero-order valence-electron chi connectivity index (χ0n) is 16.4. The number of phenolic OH excluding ortho intramolecular Hbond substituents is 2. The first-order valence-electron chi connectivity index (χ1n) is 10.3. The van der Waals surface area contributed by atoms with Crippen LogP contribution in [-0.4, -0.2) is 10.2 Å². The van der Waals surface area contributed by atoms with Gasteiger partial charge in [0.25, 0.3) is 0 Å². The van der Waals surface area contributed by atoms with Gasteiger partial charge in [-0.25, -0.2) is 0 Å². The van der Waals surface area contributed by atoms with Gasteiger partial charge in [0.1, 0.15) is 0 Å². The third-order valence-electron chi connectivity index (χ3n) is 4.48. The van der Waals surface area contributed by atoms with E-state index in [4.69, 9.17) is 0 Å². The second-order valence-corrected chi connectivity index (χ2v) is 6.89. The van der Waals surface area contributed by atoms with Gasteiger partial charge >= 0.3 is 0 Å². The van der Waals surface area contributed by atoms with Crippen molar-refractivity contribution in [1.82, 2.24) is 0 Å². The number of allylic oxidation sites excluding steroid dienone is 5. The lowest BCUT2D eigenvalue weighted by Crippen LogP contribution is -1.81. The van der Waals surface area contributed by atoms with Crippen molar-refractivity contribution in [2.24, 2.45) is 0 Å². The molecule has 2 heteroatoms. The molecule has 0 fully saturated rings. The Labute approximate surface area is 160 Å². The second-order valence-electron chi connectivity index (χ2n) is 6.89. The van der Waals surface area contributed by atoms with Crippen LogP contribution >= 0.6 is 0 Å². The molecule has 0 bridgehead atoms. The quantitative estimate of drug-likeness (QED) is 0.205. The van der Waals surface area contributed by atoms with E-state index in [1.54, 1.807) is 12.1 Å². The summed E-state index contributed by atoms with van der Waals surface area (Å²) in [6, 6.07) is 4.80. The number of hydrogen-bond acceptors (Lipinski definition) is 2. The topological polar surface area (TPSA) is 40.5 Å². The molecule has 0 atom stereocenters. The minimum absolute atomic E-state index is 0.0902. The van der Waals surface area contributed by atoms with Gasteiger partial charge in [-0.1, -0.05) is 107 Å². The molecule has 26 heavy (non-hydrogen) atoms. The fourth-order valence-corrected chi connectivity index (χ4v) is 2.86. The minimum Gasteiger partial charge on any atom is -0.504 e. The number of benzene rings is 1. The highest BCUT2D eigenvalue weighted by Crippen LogP contribution is 2.25. The maximum absolute atomic E-state index is 9.42. The van der Waals surface area contributed by atoms with Gasteiger partial charge < -0.3 is 10.2 Å². The van der Waals surface area contributed by atoms with Gasteiger partial charge in [0.15, 0.2) is 11.5 Å². The van der Waals surface area contributed by atoms with E-state index in [2.05, 4.69) is 19.1 Å². The van der Waals surface area contributed by atoms with Gasteiger partial charge in [0.05, 0.1) is 0 Å². The second kappa shape index (κ2) is 15.3. The van der Waals surface area contributed by atoms with Gasteiger partial charge in [-0.2, -0.15) is 0 Å². The largest absolute Gasteiger partial charge is 0.504 e. The first-order chi connectivity index (χ1) is 12.7. The minimum atomic E-state index is -0.0903. The highest BCUT2D eigenvalue weighted by atomic mass is 16.3. The molecule has 144 valence electrons. The van der Waals surface area contributed by atoms with Crippen LogP contribution in [-0.2, 0) is 0 Å². The average molecular weight is 357 g/mol. The molecule has 0 spiro atoms. The van der Waals surface area contributed by atoms with E-state index in [9.17, 15) is 10.2 Å². The summed E-state index contributed by atoms with van der Waals surface area (Å²) in [7, 11) is 0. The van der Waals surface area contributed by atoms with Gasteiger partial charge in [-0.05, 0) is 30.5 Å². The van der Waals surface area contributed by atoms with Crippen LogP contribution < -0.4 is 0 Å². The summed E-state index contributed by atoms with van der Waals surface area (Å²) >= 11 is 0. The lowest BCUT2D eigenvalue weighted by molar-refractivity contribution is 0.403. The summed E-state index contributed by atoms with van der Waals surface area (Å²) < 4.78 is 0. The maximum Gasteiger partial charge on any atom is 0.157 e. The van der Waals surface area contributed by atoms with Gasteiger partial charge in [-0.15, -0.1) is 0 Å². The van der Waals surface area contributed by atoms with Crippen molar-refractivity contribution in [3.05, 3.63) is 54.1 Å². The molecule has 0 radical (unpaired) electrons. The van der Waals surface area contributed by atoms with Crippen molar-refractivity contribution in [1.29, 1.82) is 0 Å². The Balaban J connectivity index is 1.99. The van der Waals surface area contributed by atoms with Crippen LogP contribution in [0.25, 0.3) is 6.08 Å². The molecule has 0 unspecified atom stereocenters. The van der Waals surface area contributed by atoms with Crippen molar-refractivity contribution in [3.8, 4) is 11.5 Å². The van der Waals surface area contributed by atoms with E-state index in [-0.39, 0.29) is 11.5 Å². The van der Waals surface area contributed by atoms with Crippen molar-refractivity contribution in [2.45, 2.75) is 77.6 Å². The van der Waals surface area contributed by atoms with Crippen molar-refractivity contribution >= 4 is 6.08 Å². The highest BCUT2D eigenvalue weighted by Gasteiger charge is 1.96. The highest BCUT2D eigenvalue weighted by molar-refractivity contribution is 5.56. The Morgan fingerprint density at radius 3 is 1.96 bits per heavy atom. The molecular formula is C24H36O2. The summed E-state index contributed by atoms with van der Waals surface area (Å²) in [5.74, 6) is -0.180. The molecule has 0 aliphatic carbocycles. The molecule has 0 saturated carbocycles. The molecule has 0 aliphatic heterocycles. The molecule has 2 N–H and O–H groups in total. The summed E-state index contributed by atoms with van der Waals surface area (Å²) in [5.41, 5.74) is 0.860. The van der Waals surface area contributed by atoms with Crippen LogP contribution in [0.5, 0.6) is 11.5 Å². The summed E-state index contributed by atoms with van der Waals surface area (Å²) in [4.78, 5) is 0. The van der Waals surface area contributed by atoms with E-state index in [1.807, 2.05) is 24.3 Å². The summed E-state index contributed by atoms with van der Waals surface area (Å²) in [6.45, 7) is 2.27. The van der Waals surface area contributed by atoms with Crippen LogP contribution in [0, 0.1) is 0 Å². The van der Waals surface area contributed by atoms with Gasteiger partial charge in [0, 0.05) is 0 Å². The predicted molar refractivity (Wildman–Crippen MR) is 114 cm³/mol. The van der Waals surface area contributed by atoms with Gasteiger partial charge in [-0.3, -0.25) is 0 Å². The third kappa shape index (κ3) is 11.6. The molecule has 1 aromatic carbocycles. The molecule has 0 saturated heterocycles. The summed E-state index contributed by atoms with van der Waals surface area (Å²) in [5, 5.41) is 18.7. The van der Waals surface area contributed by atoms with Crippen LogP contribution in [0.15, 0.2) is 48.6 Å². The smallest absolute Gasteiger partial charge is 0.157 e. The number of unbranched alkanes of at least 4 members (excludes halogenated alkanes) is 10. The van der Waals surface area contributed by atoms with E-state index in [1.165, 1.54) is 70.3 Å².